The third kappa shape index (κ3) is 2.89. The highest BCUT2D eigenvalue weighted by atomic mass is 16.4. The molecule has 0 aromatic carbocycles. The molecular formula is C8H16O3. The van der Waals surface area contributed by atoms with Crippen LogP contribution in [-0.4, -0.2) is 22.3 Å². The summed E-state index contributed by atoms with van der Waals surface area (Å²) in [7, 11) is 0. The Morgan fingerprint density at radius 2 is 1.91 bits per heavy atom. The summed E-state index contributed by atoms with van der Waals surface area (Å²) < 4.78 is 0. The quantitative estimate of drug-likeness (QED) is 0.647. The van der Waals surface area contributed by atoms with Crippen LogP contribution in [0.3, 0.4) is 0 Å². The van der Waals surface area contributed by atoms with E-state index in [4.69, 9.17) is 10.2 Å². The topological polar surface area (TPSA) is 57.5 Å². The first-order chi connectivity index (χ1) is 5.00. The van der Waals surface area contributed by atoms with Gasteiger partial charge in [0.15, 0.2) is 0 Å². The van der Waals surface area contributed by atoms with Crippen molar-refractivity contribution in [2.75, 3.05) is 0 Å². The third-order valence-electron chi connectivity index (χ3n) is 2.15. The Morgan fingerprint density at radius 1 is 1.45 bits per heavy atom. The van der Waals surface area contributed by atoms with Crippen LogP contribution in [0.4, 0.5) is 0 Å². The number of rotatable bonds is 4. The average molecular weight is 160 g/mol. The van der Waals surface area contributed by atoms with Gasteiger partial charge in [-0.1, -0.05) is 13.8 Å². The van der Waals surface area contributed by atoms with E-state index in [-0.39, 0.29) is 5.92 Å². The molecule has 0 amide bonds. The molecule has 2 N–H and O–H groups in total. The van der Waals surface area contributed by atoms with Gasteiger partial charge < -0.3 is 10.2 Å². The van der Waals surface area contributed by atoms with Crippen LogP contribution >= 0.6 is 0 Å². The highest BCUT2D eigenvalue weighted by Crippen LogP contribution is 2.18. The van der Waals surface area contributed by atoms with Gasteiger partial charge in [0.2, 0.25) is 0 Å². The van der Waals surface area contributed by atoms with Crippen molar-refractivity contribution < 1.29 is 15.0 Å². The monoisotopic (exact) mass is 160 g/mol. The Balaban J connectivity index is 4.14. The van der Waals surface area contributed by atoms with Gasteiger partial charge in [-0.3, -0.25) is 4.79 Å². The van der Waals surface area contributed by atoms with E-state index in [1.807, 2.05) is 6.92 Å². The first-order valence-electron chi connectivity index (χ1n) is 3.91. The van der Waals surface area contributed by atoms with E-state index in [2.05, 4.69) is 0 Å². The first kappa shape index (κ1) is 10.4. The summed E-state index contributed by atoms with van der Waals surface area (Å²) in [5.74, 6) is -1.41. The fourth-order valence-electron chi connectivity index (χ4n) is 1.11. The molecule has 3 unspecified atom stereocenters. The lowest BCUT2D eigenvalue weighted by atomic mass is 9.88. The molecule has 0 aromatic rings. The molecule has 0 aliphatic rings. The largest absolute Gasteiger partial charge is 0.481 e. The Kier molecular flexibility index (Phi) is 4.11. The smallest absolute Gasteiger partial charge is 0.306 e. The molecule has 0 rings (SSSR count). The maximum atomic E-state index is 10.6. The Morgan fingerprint density at radius 3 is 2.00 bits per heavy atom. The first-order valence-corrected chi connectivity index (χ1v) is 3.91. The third-order valence-corrected chi connectivity index (χ3v) is 2.15. The van der Waals surface area contributed by atoms with Crippen LogP contribution in [-0.2, 0) is 4.79 Å². The summed E-state index contributed by atoms with van der Waals surface area (Å²) in [6.07, 6.45) is 0.0255. The molecule has 0 aliphatic heterocycles. The lowest BCUT2D eigenvalue weighted by molar-refractivity contribution is -0.145. The van der Waals surface area contributed by atoms with Crippen LogP contribution in [0.2, 0.25) is 0 Å². The van der Waals surface area contributed by atoms with Crippen molar-refractivity contribution in [3.05, 3.63) is 0 Å². The second-order valence-electron chi connectivity index (χ2n) is 2.95. The number of carboxylic acids is 1. The zero-order valence-electron chi connectivity index (χ0n) is 7.24. The molecule has 0 spiro atoms. The lowest BCUT2D eigenvalue weighted by Crippen LogP contribution is -2.28. The summed E-state index contributed by atoms with van der Waals surface area (Å²) in [4.78, 5) is 10.6. The van der Waals surface area contributed by atoms with E-state index in [1.54, 1.807) is 13.8 Å². The van der Waals surface area contributed by atoms with E-state index in [0.29, 0.717) is 6.42 Å². The molecule has 11 heavy (non-hydrogen) atoms. The van der Waals surface area contributed by atoms with Crippen molar-refractivity contribution in [2.24, 2.45) is 11.8 Å². The number of aliphatic carboxylic acids is 1. The van der Waals surface area contributed by atoms with Crippen molar-refractivity contribution in [1.82, 2.24) is 0 Å². The molecule has 66 valence electrons. The normalized spacial score (nSPS) is 18.9. The zero-order valence-corrected chi connectivity index (χ0v) is 7.24. The number of carbonyl (C=O) groups is 1. The highest BCUT2D eigenvalue weighted by molar-refractivity contribution is 5.70. The Labute approximate surface area is 67.0 Å². The molecule has 3 heteroatoms. The zero-order chi connectivity index (χ0) is 9.02. The van der Waals surface area contributed by atoms with Gasteiger partial charge in [-0.05, 0) is 19.3 Å². The van der Waals surface area contributed by atoms with Crippen LogP contribution in [0.25, 0.3) is 0 Å². The molecule has 0 aliphatic carbocycles. The second kappa shape index (κ2) is 4.34. The fourth-order valence-corrected chi connectivity index (χ4v) is 1.11. The van der Waals surface area contributed by atoms with Crippen LogP contribution in [0.15, 0.2) is 0 Å². The van der Waals surface area contributed by atoms with Gasteiger partial charge in [-0.15, -0.1) is 0 Å². The molecule has 0 saturated heterocycles. The van der Waals surface area contributed by atoms with Crippen molar-refractivity contribution in [2.45, 2.75) is 33.3 Å². The number of carboxylic acid groups (broad SMARTS) is 1. The predicted molar refractivity (Wildman–Crippen MR) is 42.3 cm³/mol. The number of hydrogen-bond donors (Lipinski definition) is 2. The molecule has 0 radical (unpaired) electrons. The van der Waals surface area contributed by atoms with Gasteiger partial charge in [0.1, 0.15) is 0 Å². The van der Waals surface area contributed by atoms with Crippen LogP contribution in [0, 0.1) is 11.8 Å². The van der Waals surface area contributed by atoms with Crippen molar-refractivity contribution in [3.63, 3.8) is 0 Å². The van der Waals surface area contributed by atoms with Gasteiger partial charge in [0.05, 0.1) is 12.0 Å². The fraction of sp³-hybridized carbons (Fsp3) is 0.875. The summed E-state index contributed by atoms with van der Waals surface area (Å²) in [6, 6.07) is 0. The molecule has 0 heterocycles. The molecule has 3 atom stereocenters. The van der Waals surface area contributed by atoms with Crippen molar-refractivity contribution in [1.29, 1.82) is 0 Å². The average Bonchev–Trinajstić information content (AvgIpc) is 1.88. The maximum absolute atomic E-state index is 10.6. The minimum atomic E-state index is -0.819. The summed E-state index contributed by atoms with van der Waals surface area (Å²) in [6.45, 7) is 5.20. The minimum absolute atomic E-state index is 0.169. The highest BCUT2D eigenvalue weighted by Gasteiger charge is 2.25. The van der Waals surface area contributed by atoms with Crippen LogP contribution in [0.1, 0.15) is 27.2 Å². The number of aliphatic hydroxyl groups excluding tert-OH is 1. The van der Waals surface area contributed by atoms with E-state index in [9.17, 15) is 4.79 Å². The second-order valence-corrected chi connectivity index (χ2v) is 2.95. The lowest BCUT2D eigenvalue weighted by Gasteiger charge is -2.20. The van der Waals surface area contributed by atoms with Gasteiger partial charge in [0, 0.05) is 0 Å². The van der Waals surface area contributed by atoms with Crippen molar-refractivity contribution in [3.8, 4) is 0 Å². The number of aliphatic hydroxyl groups is 1. The SMILES string of the molecule is CCC(C(=O)O)C(C)C(C)O. The molecule has 0 bridgehead atoms. The van der Waals surface area contributed by atoms with E-state index in [0.717, 1.165) is 0 Å². The summed E-state index contributed by atoms with van der Waals surface area (Å²) in [5, 5.41) is 17.8. The van der Waals surface area contributed by atoms with Gasteiger partial charge in [-0.2, -0.15) is 0 Å². The standard InChI is InChI=1S/C8H16O3/c1-4-7(8(10)11)5(2)6(3)9/h5-7,9H,4H2,1-3H3,(H,10,11). The van der Waals surface area contributed by atoms with Gasteiger partial charge in [0.25, 0.3) is 0 Å². The van der Waals surface area contributed by atoms with Gasteiger partial charge in [-0.25, -0.2) is 0 Å². The van der Waals surface area contributed by atoms with Crippen LogP contribution in [0.5, 0.6) is 0 Å². The van der Waals surface area contributed by atoms with E-state index >= 15 is 0 Å². The molecule has 3 nitrogen and oxygen atoms in total. The van der Waals surface area contributed by atoms with Crippen molar-refractivity contribution >= 4 is 5.97 Å². The molecule has 0 saturated carbocycles. The number of hydrogen-bond acceptors (Lipinski definition) is 2. The van der Waals surface area contributed by atoms with E-state index < -0.39 is 18.0 Å². The van der Waals surface area contributed by atoms with E-state index in [1.165, 1.54) is 0 Å². The van der Waals surface area contributed by atoms with Crippen LogP contribution < -0.4 is 0 Å². The molecule has 0 aromatic heterocycles. The minimum Gasteiger partial charge on any atom is -0.481 e. The Hall–Kier alpha value is -0.570. The summed E-state index contributed by atoms with van der Waals surface area (Å²) >= 11 is 0. The molecule has 0 fully saturated rings. The predicted octanol–water partition coefficient (Wildman–Crippen LogP) is 1.11. The molecular weight excluding hydrogens is 144 g/mol. The van der Waals surface area contributed by atoms with Gasteiger partial charge >= 0.3 is 5.97 Å². The Bertz CT molecular complexity index is 131. The summed E-state index contributed by atoms with van der Waals surface area (Å²) in [5.41, 5.74) is 0. The maximum Gasteiger partial charge on any atom is 0.306 e.